The average Bonchev–Trinajstić information content (AvgIpc) is 3.37. The van der Waals surface area contributed by atoms with E-state index in [-0.39, 0.29) is 17.7 Å². The number of hydrogen-bond donors (Lipinski definition) is 1. The zero-order valence-electron chi connectivity index (χ0n) is 13.8. The summed E-state index contributed by atoms with van der Waals surface area (Å²) < 4.78 is 1.54. The van der Waals surface area contributed by atoms with Crippen molar-refractivity contribution in [3.63, 3.8) is 0 Å². The molecule has 3 heterocycles. The summed E-state index contributed by atoms with van der Waals surface area (Å²) in [5.41, 5.74) is 0.612. The summed E-state index contributed by atoms with van der Waals surface area (Å²) in [5, 5.41) is 6.87. The number of hydrogen-bond acceptors (Lipinski definition) is 5. The number of carbonyl (C=O) groups is 2. The van der Waals surface area contributed by atoms with Gasteiger partial charge < -0.3 is 10.2 Å². The highest BCUT2D eigenvalue weighted by Crippen LogP contribution is 2.29. The van der Waals surface area contributed by atoms with Crippen LogP contribution in [0.5, 0.6) is 0 Å². The molecule has 0 radical (unpaired) electrons. The molecule has 2 aliphatic rings. The predicted octanol–water partition coefficient (Wildman–Crippen LogP) is 1.39. The second-order valence-corrected chi connectivity index (χ2v) is 6.62. The minimum atomic E-state index is -0.289. The standard InChI is InChI=1S/C17H20N6O2/c24-16-7-12(9-22(16)14-3-1-2-4-14)17(25)21-13-5-6-15(19-8-13)23-11-18-10-20-23/h5-6,8,10-12,14H,1-4,7,9H2,(H,21,25)/t12-/m0/s1. The van der Waals surface area contributed by atoms with E-state index in [1.54, 1.807) is 29.3 Å². The maximum absolute atomic E-state index is 12.5. The molecule has 1 aliphatic carbocycles. The summed E-state index contributed by atoms with van der Waals surface area (Å²) in [4.78, 5) is 34.8. The normalized spacial score (nSPS) is 21.0. The molecule has 1 saturated carbocycles. The summed E-state index contributed by atoms with van der Waals surface area (Å²) in [7, 11) is 0. The molecule has 2 amide bonds. The average molecular weight is 340 g/mol. The van der Waals surface area contributed by atoms with E-state index >= 15 is 0 Å². The van der Waals surface area contributed by atoms with Gasteiger partial charge in [-0.15, -0.1) is 0 Å². The second kappa shape index (κ2) is 6.62. The van der Waals surface area contributed by atoms with Crippen molar-refractivity contribution >= 4 is 17.5 Å². The number of amides is 2. The van der Waals surface area contributed by atoms with Gasteiger partial charge in [-0.2, -0.15) is 5.10 Å². The fourth-order valence-electron chi connectivity index (χ4n) is 3.64. The Balaban J connectivity index is 1.38. The van der Waals surface area contributed by atoms with E-state index in [1.807, 2.05) is 4.90 Å². The summed E-state index contributed by atoms with van der Waals surface area (Å²) in [6.07, 6.45) is 9.35. The highest BCUT2D eigenvalue weighted by atomic mass is 16.2. The first kappa shape index (κ1) is 15.7. The summed E-state index contributed by atoms with van der Waals surface area (Å²) in [6, 6.07) is 3.86. The molecule has 2 aromatic heterocycles. The van der Waals surface area contributed by atoms with Crippen LogP contribution in [0.3, 0.4) is 0 Å². The van der Waals surface area contributed by atoms with Gasteiger partial charge in [-0.25, -0.2) is 14.6 Å². The largest absolute Gasteiger partial charge is 0.339 e. The summed E-state index contributed by atoms with van der Waals surface area (Å²) >= 11 is 0. The molecule has 130 valence electrons. The molecular formula is C17H20N6O2. The van der Waals surface area contributed by atoms with Crippen molar-refractivity contribution in [1.29, 1.82) is 0 Å². The lowest BCUT2D eigenvalue weighted by molar-refractivity contribution is -0.129. The number of carbonyl (C=O) groups excluding carboxylic acids is 2. The van der Waals surface area contributed by atoms with Gasteiger partial charge in [0.2, 0.25) is 11.8 Å². The first-order valence-electron chi connectivity index (χ1n) is 8.62. The Kier molecular flexibility index (Phi) is 4.17. The van der Waals surface area contributed by atoms with Crippen LogP contribution in [0.2, 0.25) is 0 Å². The summed E-state index contributed by atoms with van der Waals surface area (Å²) in [5.74, 6) is 0.318. The van der Waals surface area contributed by atoms with Crippen LogP contribution in [-0.2, 0) is 9.59 Å². The highest BCUT2D eigenvalue weighted by molar-refractivity contribution is 5.97. The van der Waals surface area contributed by atoms with Crippen LogP contribution >= 0.6 is 0 Å². The van der Waals surface area contributed by atoms with Gasteiger partial charge in [-0.3, -0.25) is 9.59 Å². The Labute approximate surface area is 145 Å². The molecule has 1 N–H and O–H groups in total. The highest BCUT2D eigenvalue weighted by Gasteiger charge is 2.38. The maximum Gasteiger partial charge on any atom is 0.229 e. The second-order valence-electron chi connectivity index (χ2n) is 6.62. The van der Waals surface area contributed by atoms with E-state index in [2.05, 4.69) is 20.4 Å². The molecule has 25 heavy (non-hydrogen) atoms. The van der Waals surface area contributed by atoms with Gasteiger partial charge in [0.15, 0.2) is 5.82 Å². The van der Waals surface area contributed by atoms with E-state index in [4.69, 9.17) is 0 Å². The minimum Gasteiger partial charge on any atom is -0.339 e. The number of nitrogens with zero attached hydrogens (tertiary/aromatic N) is 5. The smallest absolute Gasteiger partial charge is 0.229 e. The summed E-state index contributed by atoms with van der Waals surface area (Å²) in [6.45, 7) is 0.528. The van der Waals surface area contributed by atoms with Crippen LogP contribution in [0.25, 0.3) is 5.82 Å². The molecule has 4 rings (SSSR count). The monoisotopic (exact) mass is 340 g/mol. The third-order valence-corrected chi connectivity index (χ3v) is 4.96. The van der Waals surface area contributed by atoms with Gasteiger partial charge in [0.25, 0.3) is 0 Å². The first-order valence-corrected chi connectivity index (χ1v) is 8.62. The maximum atomic E-state index is 12.5. The van der Waals surface area contributed by atoms with Crippen molar-refractivity contribution in [1.82, 2.24) is 24.6 Å². The lowest BCUT2D eigenvalue weighted by Crippen LogP contribution is -2.35. The molecule has 8 heteroatoms. The van der Waals surface area contributed by atoms with E-state index < -0.39 is 0 Å². The van der Waals surface area contributed by atoms with Gasteiger partial charge in [0.1, 0.15) is 12.7 Å². The van der Waals surface area contributed by atoms with Gasteiger partial charge >= 0.3 is 0 Å². The topological polar surface area (TPSA) is 93.0 Å². The van der Waals surface area contributed by atoms with Crippen molar-refractivity contribution in [2.24, 2.45) is 5.92 Å². The zero-order chi connectivity index (χ0) is 17.2. The fourth-order valence-corrected chi connectivity index (χ4v) is 3.64. The third kappa shape index (κ3) is 3.24. The number of aromatic nitrogens is 4. The Morgan fingerprint density at radius 1 is 1.24 bits per heavy atom. The third-order valence-electron chi connectivity index (χ3n) is 4.96. The molecule has 2 aromatic rings. The number of rotatable bonds is 4. The van der Waals surface area contributed by atoms with Crippen molar-refractivity contribution < 1.29 is 9.59 Å². The van der Waals surface area contributed by atoms with Gasteiger partial charge in [-0.05, 0) is 25.0 Å². The quantitative estimate of drug-likeness (QED) is 0.908. The number of pyridine rings is 1. The molecule has 1 saturated heterocycles. The van der Waals surface area contributed by atoms with Crippen LogP contribution < -0.4 is 5.32 Å². The predicted molar refractivity (Wildman–Crippen MR) is 89.9 cm³/mol. The molecule has 0 unspecified atom stereocenters. The van der Waals surface area contributed by atoms with Crippen molar-refractivity contribution in [2.45, 2.75) is 38.1 Å². The zero-order valence-corrected chi connectivity index (χ0v) is 13.8. The molecule has 2 fully saturated rings. The molecule has 8 nitrogen and oxygen atoms in total. The van der Waals surface area contributed by atoms with E-state index in [0.717, 1.165) is 12.8 Å². The molecule has 1 aliphatic heterocycles. The van der Waals surface area contributed by atoms with E-state index in [0.29, 0.717) is 30.5 Å². The molecular weight excluding hydrogens is 320 g/mol. The van der Waals surface area contributed by atoms with Gasteiger partial charge in [0, 0.05) is 19.0 Å². The van der Waals surface area contributed by atoms with Crippen LogP contribution in [0, 0.1) is 5.92 Å². The van der Waals surface area contributed by atoms with Crippen LogP contribution in [0.15, 0.2) is 31.0 Å². The van der Waals surface area contributed by atoms with Crippen molar-refractivity contribution in [3.05, 3.63) is 31.0 Å². The van der Waals surface area contributed by atoms with Crippen LogP contribution in [0.1, 0.15) is 32.1 Å². The number of anilines is 1. The lowest BCUT2D eigenvalue weighted by Gasteiger charge is -2.23. The van der Waals surface area contributed by atoms with Crippen LogP contribution in [0.4, 0.5) is 5.69 Å². The number of likely N-dealkylation sites (tertiary alicyclic amines) is 1. The Morgan fingerprint density at radius 3 is 2.76 bits per heavy atom. The Hall–Kier alpha value is -2.77. The van der Waals surface area contributed by atoms with Gasteiger partial charge in [-0.1, -0.05) is 12.8 Å². The Bertz CT molecular complexity index is 752. The molecule has 0 spiro atoms. The van der Waals surface area contributed by atoms with Crippen LogP contribution in [-0.4, -0.2) is 49.0 Å². The SMILES string of the molecule is O=C(Nc1ccc(-n2cncn2)nc1)[C@H]1CC(=O)N(C2CCCC2)C1. The Morgan fingerprint density at radius 2 is 2.08 bits per heavy atom. The van der Waals surface area contributed by atoms with E-state index in [9.17, 15) is 9.59 Å². The van der Waals surface area contributed by atoms with E-state index in [1.165, 1.54) is 19.2 Å². The van der Waals surface area contributed by atoms with Crippen molar-refractivity contribution in [3.8, 4) is 5.82 Å². The lowest BCUT2D eigenvalue weighted by atomic mass is 10.1. The molecule has 1 atom stereocenters. The fraction of sp³-hybridized carbons (Fsp3) is 0.471. The molecule has 0 bridgehead atoms. The molecule has 0 aromatic carbocycles. The minimum absolute atomic E-state index is 0.103. The number of nitrogens with one attached hydrogen (secondary N) is 1. The van der Waals surface area contributed by atoms with Gasteiger partial charge in [0.05, 0.1) is 17.8 Å². The first-order chi connectivity index (χ1) is 12.2. The van der Waals surface area contributed by atoms with Crippen molar-refractivity contribution in [2.75, 3.05) is 11.9 Å².